The predicted octanol–water partition coefficient (Wildman–Crippen LogP) is 7.28. The van der Waals surface area contributed by atoms with Gasteiger partial charge in [0.05, 0.1) is 11.9 Å². The maximum absolute atomic E-state index is 12.8. The van der Waals surface area contributed by atoms with E-state index >= 15 is 0 Å². The first kappa shape index (κ1) is 18.1. The van der Waals surface area contributed by atoms with Gasteiger partial charge < -0.3 is 0 Å². The van der Waals surface area contributed by atoms with Gasteiger partial charge in [-0.15, -0.1) is 0 Å². The number of carbonyl (C=O) groups excluding carboxylic acids is 1. The zero-order valence-corrected chi connectivity index (χ0v) is 15.9. The number of fused-ring (bicyclic) bond motifs is 2. The first-order valence-corrected chi connectivity index (χ1v) is 9.71. The summed E-state index contributed by atoms with van der Waals surface area (Å²) in [5.74, 6) is 0.132. The van der Waals surface area contributed by atoms with Gasteiger partial charge in [-0.05, 0) is 35.9 Å². The van der Waals surface area contributed by atoms with Crippen molar-refractivity contribution in [1.82, 2.24) is 0 Å². The van der Waals surface area contributed by atoms with Gasteiger partial charge in [-0.1, -0.05) is 74.0 Å². The summed E-state index contributed by atoms with van der Waals surface area (Å²) in [4.78, 5) is 12.8. The smallest absolute Gasteiger partial charge is 0.189 e. The van der Waals surface area contributed by atoms with Crippen molar-refractivity contribution in [2.75, 3.05) is 0 Å². The van der Waals surface area contributed by atoms with Crippen LogP contribution in [0.5, 0.6) is 0 Å². The lowest BCUT2D eigenvalue weighted by atomic mass is 9.85. The summed E-state index contributed by atoms with van der Waals surface area (Å²) < 4.78 is 0. The average molecular weight is 366 g/mol. The third kappa shape index (κ3) is 3.56. The summed E-state index contributed by atoms with van der Waals surface area (Å²) in [5.41, 5.74) is 4.30. The Balaban J connectivity index is 1.71. The molecule has 0 unspecified atom stereocenters. The van der Waals surface area contributed by atoms with E-state index in [1.54, 1.807) is 6.20 Å². The Morgan fingerprint density at radius 1 is 0.893 bits per heavy atom. The van der Waals surface area contributed by atoms with E-state index in [1.807, 2.05) is 60.7 Å². The molecule has 1 aliphatic carbocycles. The Morgan fingerprint density at radius 2 is 1.64 bits per heavy atom. The van der Waals surface area contributed by atoms with Gasteiger partial charge in [0, 0.05) is 22.1 Å². The second-order valence-electron chi connectivity index (χ2n) is 6.95. The molecular formula is C25H22N2O. The fraction of sp³-hybridized carbons (Fsp3) is 0.160. The number of hydrogen-bond donors (Lipinski definition) is 0. The van der Waals surface area contributed by atoms with E-state index < -0.39 is 0 Å². The van der Waals surface area contributed by atoms with Crippen LogP contribution in [0.4, 0.5) is 5.69 Å². The first-order chi connectivity index (χ1) is 13.8. The molecule has 0 radical (unpaired) electrons. The van der Waals surface area contributed by atoms with Gasteiger partial charge in [-0.3, -0.25) is 4.79 Å². The van der Waals surface area contributed by atoms with Crippen LogP contribution in [0, 0.1) is 0 Å². The van der Waals surface area contributed by atoms with Gasteiger partial charge in [0.25, 0.3) is 0 Å². The second kappa shape index (κ2) is 8.13. The van der Waals surface area contributed by atoms with Gasteiger partial charge in [-0.2, -0.15) is 10.2 Å². The predicted molar refractivity (Wildman–Crippen MR) is 115 cm³/mol. The highest BCUT2D eigenvalue weighted by atomic mass is 16.1. The molecule has 138 valence electrons. The van der Waals surface area contributed by atoms with Crippen LogP contribution in [0.25, 0.3) is 16.3 Å². The molecule has 0 bridgehead atoms. The van der Waals surface area contributed by atoms with Gasteiger partial charge in [0.1, 0.15) is 0 Å². The third-order valence-corrected chi connectivity index (χ3v) is 5.03. The molecule has 0 amide bonds. The van der Waals surface area contributed by atoms with E-state index in [-0.39, 0.29) is 5.78 Å². The molecule has 0 aliphatic heterocycles. The molecule has 3 nitrogen and oxygen atoms in total. The Morgan fingerprint density at radius 3 is 2.50 bits per heavy atom. The number of carbonyl (C=O) groups is 1. The standard InChI is InChI=1S/C25H22N2O/c1-2-3-9-19-16-20(21-12-6-7-14-23(21)25(19)28)17-26-27-24-15-8-11-18-10-4-5-13-22(18)24/h4-8,10-17H,2-3,9H2,1H3. The molecule has 0 aromatic heterocycles. The van der Waals surface area contributed by atoms with Crippen LogP contribution in [-0.4, -0.2) is 5.78 Å². The number of allylic oxidation sites excluding steroid dienone is 3. The molecule has 0 spiro atoms. The highest BCUT2D eigenvalue weighted by molar-refractivity contribution is 6.15. The summed E-state index contributed by atoms with van der Waals surface area (Å²) >= 11 is 0. The molecule has 0 atom stereocenters. The largest absolute Gasteiger partial charge is 0.289 e. The van der Waals surface area contributed by atoms with Crippen LogP contribution in [0.1, 0.15) is 42.1 Å². The monoisotopic (exact) mass is 366 g/mol. The van der Waals surface area contributed by atoms with Crippen molar-refractivity contribution in [2.45, 2.75) is 26.2 Å². The molecular weight excluding hydrogens is 344 g/mol. The molecule has 3 aromatic rings. The Labute approximate surface area is 165 Å². The van der Waals surface area contributed by atoms with Crippen molar-refractivity contribution in [3.63, 3.8) is 0 Å². The number of rotatable bonds is 5. The summed E-state index contributed by atoms with van der Waals surface area (Å²) in [5, 5.41) is 11.0. The van der Waals surface area contributed by atoms with Crippen LogP contribution in [0.3, 0.4) is 0 Å². The quantitative estimate of drug-likeness (QED) is 0.437. The van der Waals surface area contributed by atoms with Crippen molar-refractivity contribution < 1.29 is 4.79 Å². The zero-order valence-electron chi connectivity index (χ0n) is 15.9. The maximum atomic E-state index is 12.8. The third-order valence-electron chi connectivity index (χ3n) is 5.03. The van der Waals surface area contributed by atoms with E-state index in [0.29, 0.717) is 0 Å². The highest BCUT2D eigenvalue weighted by Crippen LogP contribution is 2.32. The van der Waals surface area contributed by atoms with Crippen LogP contribution >= 0.6 is 0 Å². The number of Topliss-reactive ketones (excluding diaryl/α,β-unsaturated/α-hetero) is 1. The lowest BCUT2D eigenvalue weighted by molar-refractivity contribution is 0.102. The van der Waals surface area contributed by atoms with Crippen molar-refractivity contribution >= 4 is 27.8 Å². The number of azo groups is 1. The van der Waals surface area contributed by atoms with Crippen molar-refractivity contribution in [1.29, 1.82) is 0 Å². The molecule has 28 heavy (non-hydrogen) atoms. The number of hydrogen-bond acceptors (Lipinski definition) is 3. The van der Waals surface area contributed by atoms with Crippen molar-refractivity contribution in [3.05, 3.63) is 95.7 Å². The molecule has 0 N–H and O–H groups in total. The Kier molecular flexibility index (Phi) is 5.24. The lowest BCUT2D eigenvalue weighted by Crippen LogP contribution is -2.11. The minimum atomic E-state index is 0.132. The molecule has 1 aliphatic rings. The normalized spacial score (nSPS) is 15.2. The molecule has 3 heteroatoms. The molecule has 0 saturated heterocycles. The van der Waals surface area contributed by atoms with Crippen LogP contribution < -0.4 is 0 Å². The lowest BCUT2D eigenvalue weighted by Gasteiger charge is -2.17. The summed E-state index contributed by atoms with van der Waals surface area (Å²) in [7, 11) is 0. The van der Waals surface area contributed by atoms with Crippen LogP contribution in [0.2, 0.25) is 0 Å². The van der Waals surface area contributed by atoms with Crippen LogP contribution in [-0.2, 0) is 0 Å². The highest BCUT2D eigenvalue weighted by Gasteiger charge is 2.22. The van der Waals surface area contributed by atoms with E-state index in [4.69, 9.17) is 0 Å². The molecule has 0 saturated carbocycles. The Bertz CT molecular complexity index is 1120. The van der Waals surface area contributed by atoms with E-state index in [9.17, 15) is 4.79 Å². The summed E-state index contributed by atoms with van der Waals surface area (Å²) in [6.07, 6.45) is 6.60. The maximum Gasteiger partial charge on any atom is 0.189 e. The van der Waals surface area contributed by atoms with Gasteiger partial charge in [0.15, 0.2) is 5.78 Å². The summed E-state index contributed by atoms with van der Waals surface area (Å²) in [6, 6.07) is 21.9. The van der Waals surface area contributed by atoms with E-state index in [2.05, 4.69) is 29.3 Å². The topological polar surface area (TPSA) is 41.8 Å². The molecule has 4 rings (SSSR count). The van der Waals surface area contributed by atoms with E-state index in [0.717, 1.165) is 58.0 Å². The zero-order chi connectivity index (χ0) is 19.3. The second-order valence-corrected chi connectivity index (χ2v) is 6.95. The first-order valence-electron chi connectivity index (χ1n) is 9.71. The van der Waals surface area contributed by atoms with Crippen molar-refractivity contribution in [3.8, 4) is 0 Å². The number of ketones is 1. The van der Waals surface area contributed by atoms with Gasteiger partial charge >= 0.3 is 0 Å². The van der Waals surface area contributed by atoms with Gasteiger partial charge in [-0.25, -0.2) is 0 Å². The SMILES string of the molecule is CCCCC1=CC(=CN=Nc2cccc3ccccc23)c2ccccc2C1=O. The minimum Gasteiger partial charge on any atom is -0.289 e. The molecule has 0 fully saturated rings. The molecule has 0 heterocycles. The van der Waals surface area contributed by atoms with Gasteiger partial charge in [0.2, 0.25) is 0 Å². The fourth-order valence-electron chi connectivity index (χ4n) is 3.55. The average Bonchev–Trinajstić information content (AvgIpc) is 2.75. The Hall–Kier alpha value is -3.33. The number of unbranched alkanes of at least 4 members (excludes halogenated alkanes) is 1. The fourth-order valence-corrected chi connectivity index (χ4v) is 3.55. The molecule has 3 aromatic carbocycles. The number of benzene rings is 3. The summed E-state index contributed by atoms with van der Waals surface area (Å²) in [6.45, 7) is 2.14. The van der Waals surface area contributed by atoms with Crippen molar-refractivity contribution in [2.24, 2.45) is 10.2 Å². The van der Waals surface area contributed by atoms with Crippen LogP contribution in [0.15, 0.2) is 94.8 Å². The van der Waals surface area contributed by atoms with E-state index in [1.165, 1.54) is 0 Å². The number of nitrogens with zero attached hydrogens (tertiary/aromatic N) is 2. The minimum absolute atomic E-state index is 0.132.